The Kier molecular flexibility index (Phi) is 5.40. The van der Waals surface area contributed by atoms with Crippen molar-refractivity contribution in [2.75, 3.05) is 4.90 Å². The van der Waals surface area contributed by atoms with Gasteiger partial charge >= 0.3 is 0 Å². The summed E-state index contributed by atoms with van der Waals surface area (Å²) in [7, 11) is 0. The second-order valence-electron chi connectivity index (χ2n) is 6.56. The Morgan fingerprint density at radius 2 is 1.60 bits per heavy atom. The fraction of sp³-hybridized carbons (Fsp3) is 0. The molecule has 0 N–H and O–H groups in total. The van der Waals surface area contributed by atoms with E-state index in [0.717, 1.165) is 5.56 Å². The fourth-order valence-corrected chi connectivity index (χ4v) is 3.59. The van der Waals surface area contributed by atoms with Crippen LogP contribution in [0.5, 0.6) is 0 Å². The molecule has 0 saturated heterocycles. The molecule has 4 rings (SSSR count). The van der Waals surface area contributed by atoms with Crippen molar-refractivity contribution in [1.82, 2.24) is 0 Å². The van der Waals surface area contributed by atoms with Gasteiger partial charge in [0.05, 0.1) is 26.4 Å². The minimum atomic E-state index is -0.464. The molecule has 0 fully saturated rings. The Labute approximate surface area is 182 Å². The van der Waals surface area contributed by atoms with Crippen molar-refractivity contribution >= 4 is 52.3 Å². The van der Waals surface area contributed by atoms with Crippen LogP contribution in [0.1, 0.15) is 11.1 Å². The molecule has 30 heavy (non-hydrogen) atoms. The Morgan fingerprint density at radius 3 is 2.27 bits per heavy atom. The molecule has 1 aliphatic heterocycles. The number of hydrogen-bond donors (Lipinski definition) is 0. The van der Waals surface area contributed by atoms with E-state index in [1.165, 1.54) is 17.0 Å². The van der Waals surface area contributed by atoms with Crippen LogP contribution in [0.3, 0.4) is 0 Å². The molecule has 0 saturated carbocycles. The van der Waals surface area contributed by atoms with E-state index < -0.39 is 4.92 Å². The Morgan fingerprint density at radius 1 is 0.900 bits per heavy atom. The minimum absolute atomic E-state index is 0.0113. The van der Waals surface area contributed by atoms with Gasteiger partial charge in [-0.05, 0) is 47.5 Å². The molecule has 3 aromatic carbocycles. The highest BCUT2D eigenvalue weighted by Gasteiger charge is 2.32. The van der Waals surface area contributed by atoms with Crippen LogP contribution in [-0.4, -0.2) is 10.8 Å². The molecule has 0 radical (unpaired) electrons. The Hall–Kier alpha value is -3.41. The van der Waals surface area contributed by atoms with E-state index in [1.807, 2.05) is 30.3 Å². The lowest BCUT2D eigenvalue weighted by molar-refractivity contribution is -0.384. The maximum atomic E-state index is 13.3. The van der Waals surface area contributed by atoms with Crippen molar-refractivity contribution in [2.24, 2.45) is 0 Å². The normalized spacial score (nSPS) is 14.9. The maximum absolute atomic E-state index is 13.3. The summed E-state index contributed by atoms with van der Waals surface area (Å²) >= 11 is 12.6. The van der Waals surface area contributed by atoms with Gasteiger partial charge in [-0.15, -0.1) is 0 Å². The number of nitrogens with zero attached hydrogens (tertiary/aromatic N) is 2. The smallest absolute Gasteiger partial charge is 0.269 e. The van der Waals surface area contributed by atoms with Gasteiger partial charge < -0.3 is 0 Å². The van der Waals surface area contributed by atoms with Gasteiger partial charge in [0, 0.05) is 17.7 Å². The summed E-state index contributed by atoms with van der Waals surface area (Å²) in [6.45, 7) is 0. The third-order valence-corrected chi connectivity index (χ3v) is 5.46. The SMILES string of the molecule is O=C1C(=Cc2ccc([N+](=O)[O-])cc2)C=C(c2ccccc2)N1c1cccc(Cl)c1Cl. The highest BCUT2D eigenvalue weighted by Crippen LogP contribution is 2.41. The van der Waals surface area contributed by atoms with Gasteiger partial charge in [0.2, 0.25) is 0 Å². The number of halogens is 2. The summed E-state index contributed by atoms with van der Waals surface area (Å²) in [6, 6.07) is 20.6. The average molecular weight is 437 g/mol. The largest absolute Gasteiger partial charge is 0.275 e. The summed E-state index contributed by atoms with van der Waals surface area (Å²) in [6.07, 6.45) is 3.46. The van der Waals surface area contributed by atoms with Crippen molar-refractivity contribution in [3.05, 3.63) is 116 Å². The maximum Gasteiger partial charge on any atom is 0.269 e. The number of rotatable bonds is 4. The summed E-state index contributed by atoms with van der Waals surface area (Å²) < 4.78 is 0. The molecule has 3 aromatic rings. The Balaban J connectivity index is 1.81. The number of nitro benzene ring substituents is 1. The van der Waals surface area contributed by atoms with Crippen LogP contribution in [0.15, 0.2) is 84.4 Å². The molecular formula is C23H14Cl2N2O3. The second-order valence-corrected chi connectivity index (χ2v) is 7.34. The van der Waals surface area contributed by atoms with Gasteiger partial charge in [0.1, 0.15) is 0 Å². The number of non-ortho nitro benzene ring substituents is 1. The van der Waals surface area contributed by atoms with Crippen LogP contribution < -0.4 is 4.90 Å². The number of anilines is 1. The van der Waals surface area contributed by atoms with Crippen LogP contribution in [0.25, 0.3) is 11.8 Å². The zero-order valence-electron chi connectivity index (χ0n) is 15.5. The first-order valence-corrected chi connectivity index (χ1v) is 9.73. The number of carbonyl (C=O) groups excluding carboxylic acids is 1. The van der Waals surface area contributed by atoms with E-state index in [1.54, 1.807) is 42.5 Å². The van der Waals surface area contributed by atoms with Crippen molar-refractivity contribution in [3.8, 4) is 0 Å². The molecule has 7 heteroatoms. The molecule has 0 spiro atoms. The molecule has 0 bridgehead atoms. The van der Waals surface area contributed by atoms with Crippen LogP contribution in [0, 0.1) is 10.1 Å². The van der Waals surface area contributed by atoms with Crippen molar-refractivity contribution < 1.29 is 9.72 Å². The molecule has 1 heterocycles. The predicted molar refractivity (Wildman–Crippen MR) is 119 cm³/mol. The number of amides is 1. The van der Waals surface area contributed by atoms with Gasteiger partial charge in [-0.25, -0.2) is 0 Å². The molecule has 1 aliphatic rings. The predicted octanol–water partition coefficient (Wildman–Crippen LogP) is 6.37. The average Bonchev–Trinajstić information content (AvgIpc) is 3.07. The van der Waals surface area contributed by atoms with Crippen molar-refractivity contribution in [1.29, 1.82) is 0 Å². The number of nitro groups is 1. The quantitative estimate of drug-likeness (QED) is 0.271. The molecule has 5 nitrogen and oxygen atoms in total. The standard InChI is InChI=1S/C23H14Cl2N2O3/c24-19-7-4-8-20(22(19)25)26-21(16-5-2-1-3-6-16)14-17(23(26)28)13-15-9-11-18(12-10-15)27(29)30/h1-14H. The monoisotopic (exact) mass is 436 g/mol. The van der Waals surface area contributed by atoms with E-state index in [2.05, 4.69) is 0 Å². The summed E-state index contributed by atoms with van der Waals surface area (Å²) in [4.78, 5) is 25.3. The molecule has 0 atom stereocenters. The summed E-state index contributed by atoms with van der Waals surface area (Å²) in [5.74, 6) is -0.267. The second kappa shape index (κ2) is 8.14. The van der Waals surface area contributed by atoms with Crippen LogP contribution in [0.2, 0.25) is 10.0 Å². The van der Waals surface area contributed by atoms with E-state index >= 15 is 0 Å². The van der Waals surface area contributed by atoms with Crippen LogP contribution >= 0.6 is 23.2 Å². The number of carbonyl (C=O) groups is 1. The van der Waals surface area contributed by atoms with Gasteiger partial charge in [0.25, 0.3) is 11.6 Å². The topological polar surface area (TPSA) is 63.4 Å². The zero-order valence-corrected chi connectivity index (χ0v) is 17.0. The van der Waals surface area contributed by atoms with Gasteiger partial charge in [-0.2, -0.15) is 0 Å². The highest BCUT2D eigenvalue weighted by atomic mass is 35.5. The third-order valence-electron chi connectivity index (χ3n) is 4.65. The first-order valence-electron chi connectivity index (χ1n) is 8.97. The lowest BCUT2D eigenvalue weighted by atomic mass is 10.1. The summed E-state index contributed by atoms with van der Waals surface area (Å²) in [5.41, 5.74) is 3.08. The lowest BCUT2D eigenvalue weighted by Crippen LogP contribution is -2.25. The molecular weight excluding hydrogens is 423 g/mol. The van der Waals surface area contributed by atoms with Crippen molar-refractivity contribution in [2.45, 2.75) is 0 Å². The van der Waals surface area contributed by atoms with Gasteiger partial charge in [0.15, 0.2) is 0 Å². The first kappa shape index (κ1) is 19.9. The molecule has 1 amide bonds. The Bertz CT molecular complexity index is 1200. The van der Waals surface area contributed by atoms with Crippen LogP contribution in [0.4, 0.5) is 11.4 Å². The molecule has 0 unspecified atom stereocenters. The third kappa shape index (κ3) is 3.73. The van der Waals surface area contributed by atoms with Crippen LogP contribution in [-0.2, 0) is 4.79 Å². The fourth-order valence-electron chi connectivity index (χ4n) is 3.21. The molecule has 148 valence electrons. The van der Waals surface area contributed by atoms with E-state index in [4.69, 9.17) is 23.2 Å². The molecule has 0 aromatic heterocycles. The number of hydrogen-bond acceptors (Lipinski definition) is 3. The van der Waals surface area contributed by atoms with E-state index in [9.17, 15) is 14.9 Å². The minimum Gasteiger partial charge on any atom is -0.275 e. The zero-order chi connectivity index (χ0) is 21.3. The highest BCUT2D eigenvalue weighted by molar-refractivity contribution is 6.44. The van der Waals surface area contributed by atoms with Gasteiger partial charge in [-0.3, -0.25) is 19.8 Å². The first-order chi connectivity index (χ1) is 14.5. The number of benzene rings is 3. The van der Waals surface area contributed by atoms with E-state index in [0.29, 0.717) is 27.5 Å². The molecule has 0 aliphatic carbocycles. The van der Waals surface area contributed by atoms with E-state index in [-0.39, 0.29) is 16.6 Å². The lowest BCUT2D eigenvalue weighted by Gasteiger charge is -2.22. The van der Waals surface area contributed by atoms with Crippen molar-refractivity contribution in [3.63, 3.8) is 0 Å². The van der Waals surface area contributed by atoms with Gasteiger partial charge in [-0.1, -0.05) is 59.6 Å². The summed E-state index contributed by atoms with van der Waals surface area (Å²) in [5, 5.41) is 11.5.